The Balaban J connectivity index is 2.30. The number of hydrogen-bond donors (Lipinski definition) is 2. The van der Waals surface area contributed by atoms with Crippen molar-refractivity contribution in [3.63, 3.8) is 0 Å². The number of nitrogens with two attached hydrogens (primary N) is 1. The van der Waals surface area contributed by atoms with Crippen molar-refractivity contribution in [2.75, 3.05) is 25.9 Å². The molecule has 1 amide bonds. The molecule has 0 saturated carbocycles. The lowest BCUT2D eigenvalue weighted by molar-refractivity contribution is -0.128. The van der Waals surface area contributed by atoms with Crippen molar-refractivity contribution in [3.05, 3.63) is 22.7 Å². The highest BCUT2D eigenvalue weighted by molar-refractivity contribution is 9.10. The smallest absolute Gasteiger partial charge is 0.243 e. The second-order valence-electron chi connectivity index (χ2n) is 5.41. The van der Waals surface area contributed by atoms with E-state index in [4.69, 9.17) is 5.73 Å². The second kappa shape index (κ2) is 5.58. The van der Waals surface area contributed by atoms with Crippen molar-refractivity contribution in [1.29, 1.82) is 0 Å². The number of nitrogens with one attached hydrogen (secondary N) is 1. The number of halogens is 1. The molecule has 0 radical (unpaired) electrons. The highest BCUT2D eigenvalue weighted by Crippen LogP contribution is 2.34. The Morgan fingerprint density at radius 1 is 1.48 bits per heavy atom. The van der Waals surface area contributed by atoms with Crippen molar-refractivity contribution in [1.82, 2.24) is 9.62 Å². The number of amides is 1. The number of nitrogens with zero attached hydrogens (tertiary/aromatic N) is 1. The normalized spacial score (nSPS) is 23.2. The predicted molar refractivity (Wildman–Crippen MR) is 84.1 cm³/mol. The van der Waals surface area contributed by atoms with Gasteiger partial charge in [0.1, 0.15) is 0 Å². The lowest BCUT2D eigenvalue weighted by Gasteiger charge is -2.22. The van der Waals surface area contributed by atoms with E-state index in [0.29, 0.717) is 23.1 Å². The zero-order valence-electron chi connectivity index (χ0n) is 11.9. The molecule has 1 aliphatic heterocycles. The fourth-order valence-corrected chi connectivity index (χ4v) is 4.29. The van der Waals surface area contributed by atoms with E-state index in [0.717, 1.165) is 0 Å². The molecule has 21 heavy (non-hydrogen) atoms. The first-order chi connectivity index (χ1) is 9.70. The molecular weight excluding hydrogens is 358 g/mol. The number of carbonyl (C=O) groups excluding carboxylic acids is 1. The van der Waals surface area contributed by atoms with Crippen LogP contribution in [0.3, 0.4) is 0 Å². The maximum absolute atomic E-state index is 12.6. The van der Waals surface area contributed by atoms with Gasteiger partial charge in [0.05, 0.1) is 10.3 Å². The van der Waals surface area contributed by atoms with Gasteiger partial charge in [-0.25, -0.2) is 8.42 Å². The van der Waals surface area contributed by atoms with E-state index in [1.54, 1.807) is 20.0 Å². The summed E-state index contributed by atoms with van der Waals surface area (Å²) in [6.07, 6.45) is 0.498. The van der Waals surface area contributed by atoms with Crippen molar-refractivity contribution >= 4 is 37.5 Å². The van der Waals surface area contributed by atoms with E-state index in [1.807, 2.05) is 0 Å². The van der Waals surface area contributed by atoms with Gasteiger partial charge in [-0.05, 0) is 47.5 Å². The van der Waals surface area contributed by atoms with Crippen molar-refractivity contribution < 1.29 is 13.2 Å². The molecule has 3 N–H and O–H groups in total. The Bertz CT molecular complexity index is 677. The zero-order chi connectivity index (χ0) is 15.8. The summed E-state index contributed by atoms with van der Waals surface area (Å²) < 4.78 is 27.2. The number of anilines is 1. The van der Waals surface area contributed by atoms with Gasteiger partial charge in [-0.15, -0.1) is 0 Å². The van der Waals surface area contributed by atoms with Gasteiger partial charge in [-0.3, -0.25) is 4.79 Å². The molecule has 0 aromatic heterocycles. The van der Waals surface area contributed by atoms with E-state index < -0.39 is 15.4 Å². The summed E-state index contributed by atoms with van der Waals surface area (Å²) >= 11 is 3.24. The van der Waals surface area contributed by atoms with E-state index >= 15 is 0 Å². The minimum atomic E-state index is -3.64. The third-order valence-electron chi connectivity index (χ3n) is 3.82. The van der Waals surface area contributed by atoms with Gasteiger partial charge < -0.3 is 11.1 Å². The molecule has 0 aliphatic carbocycles. The fraction of sp³-hybridized carbons (Fsp3) is 0.462. The Labute approximate surface area is 132 Å². The van der Waals surface area contributed by atoms with E-state index in [2.05, 4.69) is 21.2 Å². The molecule has 1 heterocycles. The molecule has 0 bridgehead atoms. The van der Waals surface area contributed by atoms with Crippen molar-refractivity contribution in [2.45, 2.75) is 18.2 Å². The van der Waals surface area contributed by atoms with Crippen LogP contribution >= 0.6 is 15.9 Å². The third kappa shape index (κ3) is 2.93. The molecule has 1 unspecified atom stereocenters. The van der Waals surface area contributed by atoms with Crippen LogP contribution in [0, 0.1) is 5.41 Å². The molecule has 1 aromatic rings. The number of benzene rings is 1. The molecular formula is C13H18BrN3O3S. The van der Waals surface area contributed by atoms with Crippen molar-refractivity contribution in [3.8, 4) is 0 Å². The zero-order valence-corrected chi connectivity index (χ0v) is 14.3. The van der Waals surface area contributed by atoms with Crippen LogP contribution in [0.2, 0.25) is 0 Å². The summed E-state index contributed by atoms with van der Waals surface area (Å²) in [5.74, 6) is -0.143. The molecule has 2 rings (SSSR count). The highest BCUT2D eigenvalue weighted by Gasteiger charge is 2.44. The van der Waals surface area contributed by atoms with Gasteiger partial charge in [-0.2, -0.15) is 4.31 Å². The maximum Gasteiger partial charge on any atom is 0.243 e. The van der Waals surface area contributed by atoms with Crippen LogP contribution in [-0.2, 0) is 14.8 Å². The van der Waals surface area contributed by atoms with E-state index in [9.17, 15) is 13.2 Å². The summed E-state index contributed by atoms with van der Waals surface area (Å²) in [7, 11) is -2.08. The maximum atomic E-state index is 12.6. The molecule has 1 saturated heterocycles. The average Bonchev–Trinajstić information content (AvgIpc) is 2.85. The van der Waals surface area contributed by atoms with Crippen LogP contribution < -0.4 is 11.1 Å². The number of rotatable bonds is 3. The molecule has 1 atom stereocenters. The quantitative estimate of drug-likeness (QED) is 0.775. The minimum absolute atomic E-state index is 0.143. The van der Waals surface area contributed by atoms with Crippen LogP contribution in [0.5, 0.6) is 0 Å². The lowest BCUT2D eigenvalue weighted by atomic mass is 9.89. The second-order valence-corrected chi connectivity index (χ2v) is 8.20. The summed E-state index contributed by atoms with van der Waals surface area (Å²) in [4.78, 5) is 12.0. The molecule has 1 aromatic carbocycles. The Morgan fingerprint density at radius 2 is 2.14 bits per heavy atom. The SMILES string of the molecule is CNC(=O)C1(C)CCN(S(=O)(=O)c2ccc(Br)c(N)c2)C1. The first-order valence-electron chi connectivity index (χ1n) is 6.48. The third-order valence-corrected chi connectivity index (χ3v) is 6.38. The van der Waals surface area contributed by atoms with Crippen molar-refractivity contribution in [2.24, 2.45) is 5.41 Å². The summed E-state index contributed by atoms with van der Waals surface area (Å²) in [6.45, 7) is 2.27. The van der Waals surface area contributed by atoms with Crippen LogP contribution in [0.4, 0.5) is 5.69 Å². The van der Waals surface area contributed by atoms with Crippen LogP contribution in [0.15, 0.2) is 27.6 Å². The summed E-state index contributed by atoms with van der Waals surface area (Å²) in [6, 6.07) is 4.54. The first kappa shape index (κ1) is 16.3. The molecule has 0 spiro atoms. The lowest BCUT2D eigenvalue weighted by Crippen LogP contribution is -2.40. The van der Waals surface area contributed by atoms with Crippen LogP contribution in [-0.4, -0.2) is 38.8 Å². The monoisotopic (exact) mass is 375 g/mol. The number of hydrogen-bond acceptors (Lipinski definition) is 4. The topological polar surface area (TPSA) is 92.5 Å². The van der Waals surface area contributed by atoms with Gasteiger partial charge in [0.2, 0.25) is 15.9 Å². The number of carbonyl (C=O) groups is 1. The summed E-state index contributed by atoms with van der Waals surface area (Å²) in [5, 5.41) is 2.59. The van der Waals surface area contributed by atoms with E-state index in [-0.39, 0.29) is 17.3 Å². The first-order valence-corrected chi connectivity index (χ1v) is 8.71. The van der Waals surface area contributed by atoms with Gasteiger partial charge in [-0.1, -0.05) is 0 Å². The number of sulfonamides is 1. The number of nitrogen functional groups attached to an aromatic ring is 1. The largest absolute Gasteiger partial charge is 0.398 e. The Kier molecular flexibility index (Phi) is 4.32. The fourth-order valence-electron chi connectivity index (χ4n) is 2.44. The van der Waals surface area contributed by atoms with Gasteiger partial charge in [0.25, 0.3) is 0 Å². The summed E-state index contributed by atoms with van der Waals surface area (Å²) in [5.41, 5.74) is 5.42. The van der Waals surface area contributed by atoms with Crippen LogP contribution in [0.25, 0.3) is 0 Å². The molecule has 6 nitrogen and oxygen atoms in total. The Hall–Kier alpha value is -1.12. The predicted octanol–water partition coefficient (Wildman–Crippen LogP) is 1.18. The standard InChI is InChI=1S/C13H18BrN3O3S/c1-13(12(18)16-2)5-6-17(8-13)21(19,20)9-3-4-10(14)11(15)7-9/h3-4,7H,5-6,8,15H2,1-2H3,(H,16,18). The molecule has 1 aliphatic rings. The minimum Gasteiger partial charge on any atom is -0.398 e. The van der Waals surface area contributed by atoms with Gasteiger partial charge in [0.15, 0.2) is 0 Å². The molecule has 8 heteroatoms. The van der Waals surface area contributed by atoms with Gasteiger partial charge >= 0.3 is 0 Å². The van der Waals surface area contributed by atoms with Crippen LogP contribution in [0.1, 0.15) is 13.3 Å². The Morgan fingerprint density at radius 3 is 2.71 bits per heavy atom. The van der Waals surface area contributed by atoms with E-state index in [1.165, 1.54) is 16.4 Å². The highest BCUT2D eigenvalue weighted by atomic mass is 79.9. The molecule has 116 valence electrons. The molecule has 1 fully saturated rings. The van der Waals surface area contributed by atoms with Gasteiger partial charge in [0, 0.05) is 30.3 Å². The average molecular weight is 376 g/mol.